The summed E-state index contributed by atoms with van der Waals surface area (Å²) >= 11 is 2.25. The van der Waals surface area contributed by atoms with Crippen LogP contribution in [0.4, 0.5) is 13.2 Å². The van der Waals surface area contributed by atoms with Crippen molar-refractivity contribution in [1.29, 1.82) is 0 Å². The molecular formula is C17H26F3IO6S. The van der Waals surface area contributed by atoms with Crippen molar-refractivity contribution < 1.29 is 40.4 Å². The Labute approximate surface area is 177 Å². The van der Waals surface area contributed by atoms with E-state index in [0.29, 0.717) is 30.1 Å². The zero-order valence-electron chi connectivity index (χ0n) is 15.6. The van der Waals surface area contributed by atoms with Crippen LogP contribution in [-0.4, -0.2) is 54.0 Å². The van der Waals surface area contributed by atoms with Gasteiger partial charge < -0.3 is 18.8 Å². The SMILES string of the molecule is C=C(OS(=O)(=O)C(F)(F)F)C(C)C[C@H]1CC[C@@H]2O[C@@H](CCCO)C[C@]2(CI)O1. The highest BCUT2D eigenvalue weighted by atomic mass is 127. The summed E-state index contributed by atoms with van der Waals surface area (Å²) in [6, 6.07) is 0. The van der Waals surface area contributed by atoms with E-state index in [-0.39, 0.29) is 24.9 Å². The summed E-state index contributed by atoms with van der Waals surface area (Å²) in [4.78, 5) is 0. The lowest BCUT2D eigenvalue weighted by Crippen LogP contribution is -2.50. The number of ether oxygens (including phenoxy) is 2. The van der Waals surface area contributed by atoms with Crippen LogP contribution in [0.3, 0.4) is 0 Å². The first-order valence-corrected chi connectivity index (χ1v) is 12.1. The van der Waals surface area contributed by atoms with Crippen LogP contribution in [-0.2, 0) is 23.8 Å². The summed E-state index contributed by atoms with van der Waals surface area (Å²) in [5.41, 5.74) is -5.95. The molecule has 0 spiro atoms. The van der Waals surface area contributed by atoms with Crippen LogP contribution < -0.4 is 0 Å². The fourth-order valence-corrected chi connectivity index (χ4v) is 5.25. The molecule has 0 aliphatic carbocycles. The molecule has 6 nitrogen and oxygen atoms in total. The molecule has 5 atom stereocenters. The minimum absolute atomic E-state index is 0.0123. The molecule has 1 unspecified atom stereocenters. The van der Waals surface area contributed by atoms with Gasteiger partial charge in [-0.3, -0.25) is 0 Å². The van der Waals surface area contributed by atoms with Crippen LogP contribution in [0.5, 0.6) is 0 Å². The third-order valence-corrected chi connectivity index (χ3v) is 7.54. The molecular weight excluding hydrogens is 516 g/mol. The average molecular weight is 542 g/mol. The normalized spacial score (nSPS) is 32.0. The molecule has 0 amide bonds. The van der Waals surface area contributed by atoms with Crippen molar-refractivity contribution in [2.75, 3.05) is 11.0 Å². The summed E-state index contributed by atoms with van der Waals surface area (Å²) in [5.74, 6) is -1.08. The fourth-order valence-electron chi connectivity index (χ4n) is 3.73. The van der Waals surface area contributed by atoms with Crippen LogP contribution in [0.1, 0.15) is 45.4 Å². The maximum atomic E-state index is 12.5. The summed E-state index contributed by atoms with van der Waals surface area (Å²) < 4.78 is 77.0. The minimum atomic E-state index is -5.71. The number of hydrogen-bond donors (Lipinski definition) is 1. The number of fused-ring (bicyclic) bond motifs is 1. The molecule has 1 N–H and O–H groups in total. The lowest BCUT2D eigenvalue weighted by molar-refractivity contribution is -0.156. The quantitative estimate of drug-likeness (QED) is 0.158. The highest BCUT2D eigenvalue weighted by Crippen LogP contribution is 2.45. The van der Waals surface area contributed by atoms with Gasteiger partial charge in [-0.15, -0.1) is 0 Å². The maximum absolute atomic E-state index is 12.5. The smallest absolute Gasteiger partial charge is 0.396 e. The third kappa shape index (κ3) is 5.52. The van der Waals surface area contributed by atoms with E-state index in [1.165, 1.54) is 0 Å². The highest BCUT2D eigenvalue weighted by molar-refractivity contribution is 14.1. The molecule has 11 heteroatoms. The van der Waals surface area contributed by atoms with Gasteiger partial charge >= 0.3 is 15.6 Å². The van der Waals surface area contributed by atoms with E-state index in [1.807, 2.05) is 0 Å². The van der Waals surface area contributed by atoms with E-state index in [0.717, 1.165) is 12.8 Å². The molecule has 28 heavy (non-hydrogen) atoms. The van der Waals surface area contributed by atoms with Gasteiger partial charge in [-0.2, -0.15) is 21.6 Å². The van der Waals surface area contributed by atoms with Crippen molar-refractivity contribution in [3.63, 3.8) is 0 Å². The van der Waals surface area contributed by atoms with Crippen molar-refractivity contribution in [3.8, 4) is 0 Å². The molecule has 2 saturated heterocycles. The first-order valence-electron chi connectivity index (χ1n) is 9.13. The predicted octanol–water partition coefficient (Wildman–Crippen LogP) is 3.68. The summed E-state index contributed by atoms with van der Waals surface area (Å²) in [6.07, 6.45) is 3.52. The van der Waals surface area contributed by atoms with Crippen LogP contribution in [0.15, 0.2) is 12.3 Å². The van der Waals surface area contributed by atoms with Gasteiger partial charge in [0.1, 0.15) is 11.4 Å². The first kappa shape index (κ1) is 24.2. The Kier molecular flexibility index (Phi) is 8.07. The standard InChI is InChI=1S/C17H26F3IO6S/c1-11(12(2)27-28(23,24)17(18,19)20)8-13-5-6-15-16(10-21,26-13)9-14(25-15)4-3-7-22/h11,13-15,22H,2-10H2,1H3/t11?,13-,14+,15+,16-/m1/s1. The van der Waals surface area contributed by atoms with E-state index in [2.05, 4.69) is 33.4 Å². The zero-order chi connectivity index (χ0) is 21.2. The van der Waals surface area contributed by atoms with Gasteiger partial charge in [-0.25, -0.2) is 0 Å². The number of aliphatic hydroxyl groups excluding tert-OH is 1. The molecule has 0 aromatic heterocycles. The van der Waals surface area contributed by atoms with Crippen LogP contribution in [0, 0.1) is 5.92 Å². The monoisotopic (exact) mass is 542 g/mol. The van der Waals surface area contributed by atoms with Crippen molar-refractivity contribution >= 4 is 32.7 Å². The molecule has 0 aromatic carbocycles. The van der Waals surface area contributed by atoms with E-state index in [9.17, 15) is 21.6 Å². The highest BCUT2D eigenvalue weighted by Gasteiger charge is 2.52. The van der Waals surface area contributed by atoms with Crippen LogP contribution >= 0.6 is 22.6 Å². The minimum Gasteiger partial charge on any atom is -0.396 e. The number of allylic oxidation sites excluding steroid dienone is 1. The van der Waals surface area contributed by atoms with Crippen LogP contribution in [0.25, 0.3) is 0 Å². The topological polar surface area (TPSA) is 82.1 Å². The molecule has 2 rings (SSSR count). The second kappa shape index (κ2) is 9.36. The largest absolute Gasteiger partial charge is 0.534 e. The van der Waals surface area contributed by atoms with Gasteiger partial charge in [0, 0.05) is 23.4 Å². The molecule has 0 saturated carbocycles. The molecule has 0 bridgehead atoms. The van der Waals surface area contributed by atoms with E-state index in [4.69, 9.17) is 14.6 Å². The van der Waals surface area contributed by atoms with Crippen molar-refractivity contribution in [2.45, 2.75) is 74.9 Å². The van der Waals surface area contributed by atoms with Gasteiger partial charge in [0.2, 0.25) is 0 Å². The Morgan fingerprint density at radius 2 is 2.07 bits per heavy atom. The number of hydrogen-bond acceptors (Lipinski definition) is 6. The molecule has 0 radical (unpaired) electrons. The Morgan fingerprint density at radius 1 is 1.39 bits per heavy atom. The van der Waals surface area contributed by atoms with Gasteiger partial charge in [0.15, 0.2) is 0 Å². The zero-order valence-corrected chi connectivity index (χ0v) is 18.6. The second-order valence-electron chi connectivity index (χ2n) is 7.42. The Balaban J connectivity index is 1.96. The maximum Gasteiger partial charge on any atom is 0.534 e. The average Bonchev–Trinajstić information content (AvgIpc) is 2.96. The number of halogens is 4. The van der Waals surface area contributed by atoms with Crippen molar-refractivity contribution in [3.05, 3.63) is 12.3 Å². The Morgan fingerprint density at radius 3 is 2.64 bits per heavy atom. The van der Waals surface area contributed by atoms with Gasteiger partial charge in [0.05, 0.1) is 18.3 Å². The number of aliphatic hydroxyl groups is 1. The third-order valence-electron chi connectivity index (χ3n) is 5.25. The molecule has 2 fully saturated rings. The predicted molar refractivity (Wildman–Crippen MR) is 104 cm³/mol. The van der Waals surface area contributed by atoms with E-state index >= 15 is 0 Å². The first-order chi connectivity index (χ1) is 12.9. The van der Waals surface area contributed by atoms with Gasteiger partial charge in [-0.05, 0) is 32.1 Å². The summed E-state index contributed by atoms with van der Waals surface area (Å²) in [6.45, 7) is 5.03. The second-order valence-corrected chi connectivity index (χ2v) is 9.72. The molecule has 2 aliphatic rings. The summed E-state index contributed by atoms with van der Waals surface area (Å²) in [7, 11) is -5.71. The molecule has 2 aliphatic heterocycles. The van der Waals surface area contributed by atoms with E-state index in [1.54, 1.807) is 6.92 Å². The van der Waals surface area contributed by atoms with Gasteiger partial charge in [0.25, 0.3) is 0 Å². The molecule has 164 valence electrons. The lowest BCUT2D eigenvalue weighted by Gasteiger charge is -2.41. The van der Waals surface area contributed by atoms with Crippen molar-refractivity contribution in [1.82, 2.24) is 0 Å². The van der Waals surface area contributed by atoms with Crippen LogP contribution in [0.2, 0.25) is 0 Å². The summed E-state index contributed by atoms with van der Waals surface area (Å²) in [5, 5.41) is 9.01. The molecule has 0 aromatic rings. The Bertz CT molecular complexity index is 656. The van der Waals surface area contributed by atoms with E-state index < -0.39 is 32.9 Å². The lowest BCUT2D eigenvalue weighted by atomic mass is 9.86. The number of rotatable bonds is 9. The molecule has 2 heterocycles. The van der Waals surface area contributed by atoms with Gasteiger partial charge in [-0.1, -0.05) is 36.1 Å². The Hall–Kier alpha value is -0.110. The fraction of sp³-hybridized carbons (Fsp3) is 0.882. The number of alkyl halides is 4. The van der Waals surface area contributed by atoms with Crippen molar-refractivity contribution in [2.24, 2.45) is 5.92 Å².